The largest absolute Gasteiger partial charge is 0.453 e. The number of β-amino-alcohol motifs (C(OH)–C–C–N with tert-alkyl or cyclic N) is 1. The van der Waals surface area contributed by atoms with Crippen molar-refractivity contribution < 1.29 is 28.6 Å². The van der Waals surface area contributed by atoms with Gasteiger partial charge in [0, 0.05) is 42.1 Å². The number of H-pyrrole nitrogens is 1. The number of hydrogen-bond donors (Lipinski definition) is 3. The lowest BCUT2D eigenvalue weighted by Gasteiger charge is -2.29. The number of amides is 3. The number of nitrogens with one attached hydrogen (secondary N) is 2. The van der Waals surface area contributed by atoms with Crippen LogP contribution in [0.3, 0.4) is 0 Å². The van der Waals surface area contributed by atoms with Gasteiger partial charge in [-0.1, -0.05) is 46.5 Å². The Morgan fingerprint density at radius 3 is 2.41 bits per heavy atom. The molecule has 0 aliphatic carbocycles. The molecule has 0 saturated carbocycles. The quantitative estimate of drug-likeness (QED) is 0.202. The Labute approximate surface area is 298 Å². The van der Waals surface area contributed by atoms with Crippen LogP contribution in [-0.4, -0.2) is 80.1 Å². The number of benzene rings is 2. The average Bonchev–Trinajstić information content (AvgIpc) is 3.94. The van der Waals surface area contributed by atoms with Crippen LogP contribution in [-0.2, 0) is 14.3 Å². The summed E-state index contributed by atoms with van der Waals surface area (Å²) in [7, 11) is 1.28. The minimum absolute atomic E-state index is 0.0000661. The summed E-state index contributed by atoms with van der Waals surface area (Å²) in [6, 6.07) is 12.2. The van der Waals surface area contributed by atoms with Gasteiger partial charge in [0.15, 0.2) is 5.76 Å². The van der Waals surface area contributed by atoms with Gasteiger partial charge in [-0.3, -0.25) is 9.59 Å². The van der Waals surface area contributed by atoms with Crippen molar-refractivity contribution in [2.75, 3.05) is 20.2 Å². The number of nitrogens with zero attached hydrogens (tertiary/aromatic N) is 4. The van der Waals surface area contributed by atoms with Crippen molar-refractivity contribution in [2.24, 2.45) is 17.8 Å². The van der Waals surface area contributed by atoms with E-state index >= 15 is 0 Å². The summed E-state index contributed by atoms with van der Waals surface area (Å²) in [4.78, 5) is 54.8. The molecule has 0 bridgehead atoms. The lowest BCUT2D eigenvalue weighted by atomic mass is 9.96. The molecule has 2 fully saturated rings. The van der Waals surface area contributed by atoms with Gasteiger partial charge < -0.3 is 34.4 Å². The Morgan fingerprint density at radius 2 is 1.71 bits per heavy atom. The normalized spacial score (nSPS) is 20.1. The first-order valence-electron chi connectivity index (χ1n) is 17.6. The molecule has 268 valence electrons. The van der Waals surface area contributed by atoms with E-state index in [1.807, 2.05) is 77.1 Å². The van der Waals surface area contributed by atoms with Gasteiger partial charge >= 0.3 is 6.09 Å². The van der Waals surface area contributed by atoms with Crippen molar-refractivity contribution in [3.63, 3.8) is 0 Å². The van der Waals surface area contributed by atoms with Crippen molar-refractivity contribution in [3.8, 4) is 23.2 Å². The molecule has 12 heteroatoms. The van der Waals surface area contributed by atoms with Crippen LogP contribution in [0.2, 0.25) is 0 Å². The summed E-state index contributed by atoms with van der Waals surface area (Å²) in [5.41, 5.74) is 4.08. The summed E-state index contributed by atoms with van der Waals surface area (Å²) < 4.78 is 10.9. The first kappa shape index (κ1) is 35.7. The van der Waals surface area contributed by atoms with Gasteiger partial charge in [0.25, 0.3) is 0 Å². The molecule has 0 radical (unpaired) electrons. The highest BCUT2D eigenvalue weighted by Gasteiger charge is 2.40. The number of hydrogen-bond acceptors (Lipinski definition) is 8. The first-order chi connectivity index (χ1) is 24.4. The predicted octanol–water partition coefficient (Wildman–Crippen LogP) is 5.59. The van der Waals surface area contributed by atoms with E-state index in [1.165, 1.54) is 7.11 Å². The maximum Gasteiger partial charge on any atom is 0.407 e. The molecular formula is C39H46N6O6. The number of oxazole rings is 1. The molecule has 3 amide bonds. The number of aromatic nitrogens is 3. The second-order valence-corrected chi connectivity index (χ2v) is 14.2. The van der Waals surface area contributed by atoms with E-state index in [0.29, 0.717) is 30.4 Å². The number of alkyl carbamates (subject to hydrolysis) is 1. The average molecular weight is 695 g/mol. The Bertz CT molecular complexity index is 1950. The number of aromatic amines is 1. The van der Waals surface area contributed by atoms with Gasteiger partial charge in [-0.05, 0) is 67.1 Å². The summed E-state index contributed by atoms with van der Waals surface area (Å²) in [5.74, 6) is 7.94. The van der Waals surface area contributed by atoms with Crippen LogP contribution >= 0.6 is 0 Å². The predicted molar refractivity (Wildman–Crippen MR) is 191 cm³/mol. The van der Waals surface area contributed by atoms with Gasteiger partial charge in [-0.15, -0.1) is 0 Å². The van der Waals surface area contributed by atoms with Gasteiger partial charge in [-0.2, -0.15) is 0 Å². The van der Waals surface area contributed by atoms with Crippen LogP contribution in [0.15, 0.2) is 53.1 Å². The van der Waals surface area contributed by atoms with Crippen molar-refractivity contribution in [3.05, 3.63) is 71.5 Å². The van der Waals surface area contributed by atoms with Crippen molar-refractivity contribution in [2.45, 2.75) is 78.1 Å². The van der Waals surface area contributed by atoms with Gasteiger partial charge in [-0.25, -0.2) is 14.8 Å². The number of methoxy groups -OCH3 is 1. The van der Waals surface area contributed by atoms with Gasteiger partial charge in [0.2, 0.25) is 17.7 Å². The first-order valence-corrected chi connectivity index (χ1v) is 17.6. The lowest BCUT2D eigenvalue weighted by molar-refractivity contribution is -0.138. The minimum atomic E-state index is -0.695. The Balaban J connectivity index is 1.13. The molecule has 51 heavy (non-hydrogen) atoms. The van der Waals surface area contributed by atoms with E-state index in [1.54, 1.807) is 16.0 Å². The number of aliphatic hydroxyl groups is 1. The molecule has 0 unspecified atom stereocenters. The van der Waals surface area contributed by atoms with Gasteiger partial charge in [0.05, 0.1) is 36.5 Å². The summed E-state index contributed by atoms with van der Waals surface area (Å²) in [6.45, 7) is 10.6. The summed E-state index contributed by atoms with van der Waals surface area (Å²) in [5, 5.41) is 13.1. The molecular weight excluding hydrogens is 648 g/mol. The zero-order chi connectivity index (χ0) is 36.4. The third kappa shape index (κ3) is 7.64. The molecule has 2 aromatic heterocycles. The molecule has 6 rings (SSSR count). The number of aliphatic hydroxyl groups excluding tert-OH is 1. The number of fused-ring (bicyclic) bond motifs is 1. The molecule has 4 heterocycles. The highest BCUT2D eigenvalue weighted by molar-refractivity contribution is 5.86. The van der Waals surface area contributed by atoms with E-state index in [0.717, 1.165) is 40.6 Å². The number of rotatable bonds is 8. The molecule has 4 aromatic rings. The number of likely N-dealkylation sites (tertiary alicyclic amines) is 2. The van der Waals surface area contributed by atoms with Crippen molar-refractivity contribution in [1.82, 2.24) is 30.1 Å². The molecule has 5 atom stereocenters. The highest BCUT2D eigenvalue weighted by atomic mass is 16.5. The molecule has 2 aromatic carbocycles. The topological polar surface area (TPSA) is 154 Å². The zero-order valence-corrected chi connectivity index (χ0v) is 30.0. The number of carbonyl (C=O) groups excluding carboxylic acids is 3. The molecule has 2 aliphatic heterocycles. The van der Waals surface area contributed by atoms with E-state index < -0.39 is 24.3 Å². The summed E-state index contributed by atoms with van der Waals surface area (Å²) >= 11 is 0. The zero-order valence-electron chi connectivity index (χ0n) is 30.0. The van der Waals surface area contributed by atoms with Gasteiger partial charge in [0.1, 0.15) is 17.9 Å². The van der Waals surface area contributed by atoms with Crippen LogP contribution in [0.5, 0.6) is 0 Å². The third-order valence-electron chi connectivity index (χ3n) is 10.0. The van der Waals surface area contributed by atoms with Crippen LogP contribution in [0, 0.1) is 29.6 Å². The van der Waals surface area contributed by atoms with Crippen molar-refractivity contribution >= 4 is 28.9 Å². The number of imidazole rings is 1. The van der Waals surface area contributed by atoms with E-state index in [-0.39, 0.29) is 42.2 Å². The molecule has 2 aliphatic rings. The van der Waals surface area contributed by atoms with Crippen LogP contribution < -0.4 is 5.32 Å². The van der Waals surface area contributed by atoms with E-state index in [2.05, 4.69) is 27.1 Å². The second kappa shape index (κ2) is 15.0. The molecule has 12 nitrogen and oxygen atoms in total. The monoisotopic (exact) mass is 694 g/mol. The summed E-state index contributed by atoms with van der Waals surface area (Å²) in [6.07, 6.45) is 2.42. The fourth-order valence-corrected chi connectivity index (χ4v) is 6.73. The van der Waals surface area contributed by atoms with Crippen LogP contribution in [0.25, 0.3) is 22.4 Å². The van der Waals surface area contributed by atoms with E-state index in [9.17, 15) is 19.5 Å². The molecule has 3 N–H and O–H groups in total. The Morgan fingerprint density at radius 1 is 0.980 bits per heavy atom. The minimum Gasteiger partial charge on any atom is -0.453 e. The SMILES string of the molecule is COC(=O)N[C@H](C(=O)N1CCC[C@H]1c1nc2ccc(C#Cc3ccc(-c4cnc([C@@H]5C[C@@H](O)CN5C(=O)[C@@H](C)C(C)C)o4)cc3)cc2[nH]1)C(C)C. The fourth-order valence-electron chi connectivity index (χ4n) is 6.73. The van der Waals surface area contributed by atoms with E-state index in [4.69, 9.17) is 14.1 Å². The Kier molecular flexibility index (Phi) is 10.5. The molecule has 0 spiro atoms. The Hall–Kier alpha value is -5.15. The highest BCUT2D eigenvalue weighted by Crippen LogP contribution is 2.36. The third-order valence-corrected chi connectivity index (χ3v) is 10.0. The maximum absolute atomic E-state index is 13.5. The smallest absolute Gasteiger partial charge is 0.407 e. The second-order valence-electron chi connectivity index (χ2n) is 14.2. The lowest BCUT2D eigenvalue weighted by Crippen LogP contribution is -2.51. The van der Waals surface area contributed by atoms with Crippen molar-refractivity contribution in [1.29, 1.82) is 0 Å². The number of carbonyl (C=O) groups is 3. The molecule has 2 saturated heterocycles. The standard InChI is InChI=1S/C39H46N6O6/c1-22(2)24(5)37(47)45-21-28(46)19-32(45)36-40-20-33(51-36)27-14-11-25(12-15-27)9-10-26-13-16-29-30(18-26)42-35(41-29)31-8-7-17-44(31)38(48)34(23(3)4)43-39(49)50-6/h11-16,18,20,22-24,28,31-32,34,46H,7-8,17,19,21H2,1-6H3,(H,41,42)(H,43,49)/t24-,28+,31-,32-,34-/m0/s1. The van der Waals surface area contributed by atoms with Crippen LogP contribution in [0.4, 0.5) is 4.79 Å². The maximum atomic E-state index is 13.5. The van der Waals surface area contributed by atoms with Crippen LogP contribution in [0.1, 0.15) is 88.8 Å². The fraction of sp³-hybridized carbons (Fsp3) is 0.462. The number of ether oxygens (including phenoxy) is 1.